The molecule has 2 spiro atoms. The third-order valence-corrected chi connectivity index (χ3v) is 15.8. The minimum absolute atomic E-state index is 0. The molecule has 8 saturated carbocycles. The molecule has 24 heteroatoms. The van der Waals surface area contributed by atoms with Crippen molar-refractivity contribution < 1.29 is 194 Å². The second-order valence-corrected chi connectivity index (χ2v) is 20.0. The minimum atomic E-state index is -5.48. The summed E-state index contributed by atoms with van der Waals surface area (Å²) in [6.45, 7) is 7.57. The molecule has 0 aromatic heterocycles. The van der Waals surface area contributed by atoms with E-state index >= 15 is 0 Å². The van der Waals surface area contributed by atoms with E-state index < -0.39 is 55.4 Å². The Bertz CT molecular complexity index is 2090. The molecule has 8 aliphatic carbocycles. The molecule has 10 aliphatic rings. The quantitative estimate of drug-likeness (QED) is 0.0661. The van der Waals surface area contributed by atoms with Crippen LogP contribution in [0.3, 0.4) is 0 Å². The van der Waals surface area contributed by atoms with Crippen LogP contribution in [0.4, 0.5) is 5.69 Å². The van der Waals surface area contributed by atoms with Gasteiger partial charge in [0.25, 0.3) is 11.6 Å². The number of ether oxygens (including phenoxy) is 4. The fraction of sp³-hybridized carbons (Fsp3) is 0.641. The summed E-state index contributed by atoms with van der Waals surface area (Å²) in [4.78, 5) is 69.5. The van der Waals surface area contributed by atoms with E-state index in [1.165, 1.54) is 38.5 Å². The summed E-state index contributed by atoms with van der Waals surface area (Å²) < 4.78 is 58.9. The largest absolute Gasteiger partial charge is 1.00 e. The van der Waals surface area contributed by atoms with Crippen LogP contribution in [0.25, 0.3) is 4.85 Å². The van der Waals surface area contributed by atoms with E-state index in [9.17, 15) is 34.0 Å². The van der Waals surface area contributed by atoms with E-state index in [1.807, 2.05) is 6.07 Å². The standard InChI is InChI=1S/C39H44N2O16P2.4Na/c1-41-31-7-6-26(13-33(31)53-59(45,46)47)39(49-3)37(55-57-39)29-10-23-11-30(37)19-35(15-23,18-29)51-21-50-34-14-22-8-27(16-34)36(28(9-22)17-34)38(48-2,56-54-36)25-5-4-24(20-40)32(12-25)52-58(42,43)44;;;;/h4-7,12-13,22-23,27-30H,8-11,14-19,21H2,2-3H3,(H2,42,43,44)(H2,45,46,47);;;;/q;4*+1/p-2. The van der Waals surface area contributed by atoms with Crippen LogP contribution in [-0.2, 0) is 59.2 Å². The second-order valence-electron chi connectivity index (χ2n) is 17.8. The predicted molar refractivity (Wildman–Crippen MR) is 192 cm³/mol. The van der Waals surface area contributed by atoms with Crippen molar-refractivity contribution in [2.24, 2.45) is 35.5 Å². The van der Waals surface area contributed by atoms with Gasteiger partial charge in [-0.15, -0.1) is 0 Å². The Morgan fingerprint density at radius 2 is 1.17 bits per heavy atom. The van der Waals surface area contributed by atoms with E-state index in [0.29, 0.717) is 48.6 Å². The van der Waals surface area contributed by atoms with Gasteiger partial charge in [0.15, 0.2) is 11.2 Å². The molecule has 2 aliphatic heterocycles. The van der Waals surface area contributed by atoms with Crippen LogP contribution in [0.1, 0.15) is 80.9 Å². The summed E-state index contributed by atoms with van der Waals surface area (Å²) in [6, 6.07) is 10.6. The van der Waals surface area contributed by atoms with Gasteiger partial charge in [0.2, 0.25) is 5.69 Å². The Balaban J connectivity index is 0.00000165. The smallest absolute Gasteiger partial charge is 0.780 e. The molecule has 63 heavy (non-hydrogen) atoms. The second kappa shape index (κ2) is 18.6. The van der Waals surface area contributed by atoms with Crippen LogP contribution in [-0.4, -0.2) is 53.2 Å². The zero-order valence-corrected chi connectivity index (χ0v) is 45.9. The van der Waals surface area contributed by atoms with E-state index in [1.54, 1.807) is 12.1 Å². The number of methoxy groups -OCH3 is 2. The third kappa shape index (κ3) is 8.21. The zero-order valence-electron chi connectivity index (χ0n) is 36.1. The first-order valence-electron chi connectivity index (χ1n) is 19.7. The SMILES string of the molecule is [C-]#[N+]c1ccc(C2(OC)OOC23C2CC4CC3CC(OCOC35CC6CC(C3)C3(OOC3(OC)c3ccc(C#N)c(OP(=O)([O-])[O-])c3)C(C6)C5)(C4)C2)cc1OP(=O)(O)O.[Na+].[Na+].[Na+].[Na+]. The molecule has 18 nitrogen and oxygen atoms in total. The third-order valence-electron chi connectivity index (χ3n) is 15.0. The van der Waals surface area contributed by atoms with Gasteiger partial charge in [-0.05, 0) is 94.2 Å². The molecule has 2 N–H and O–H groups in total. The van der Waals surface area contributed by atoms with Gasteiger partial charge in [-0.3, -0.25) is 9.79 Å². The Morgan fingerprint density at radius 3 is 1.54 bits per heavy atom. The van der Waals surface area contributed by atoms with E-state index in [2.05, 4.69) is 9.37 Å². The molecule has 2 heterocycles. The summed E-state index contributed by atoms with van der Waals surface area (Å²) in [5.41, 5.74) is -2.22. The zero-order chi connectivity index (χ0) is 41.4. The molecule has 0 amide bonds. The summed E-state index contributed by atoms with van der Waals surface area (Å²) >= 11 is 0. The monoisotopic (exact) mass is 948 g/mol. The number of benzene rings is 2. The van der Waals surface area contributed by atoms with Crippen molar-refractivity contribution in [3.05, 3.63) is 64.5 Å². The Kier molecular flexibility index (Phi) is 15.8. The molecular weight excluding hydrogens is 906 g/mol. The fourth-order valence-corrected chi connectivity index (χ4v) is 14.2. The average Bonchev–Trinajstić information content (AvgIpc) is 3.13. The normalized spacial score (nSPS) is 39.6. The van der Waals surface area contributed by atoms with Crippen molar-refractivity contribution >= 4 is 21.3 Å². The summed E-state index contributed by atoms with van der Waals surface area (Å²) in [5.74, 6) is -3.06. The maximum absolute atomic E-state index is 11.8. The topological polar surface area (TPSA) is 241 Å². The maximum Gasteiger partial charge on any atom is 1.00 e. The number of hydrogen-bond donors (Lipinski definition) is 2. The van der Waals surface area contributed by atoms with Crippen LogP contribution in [0.5, 0.6) is 11.5 Å². The number of nitriles is 1. The number of phosphoric ester groups is 2. The molecule has 316 valence electrons. The first kappa shape index (κ1) is 53.4. The van der Waals surface area contributed by atoms with Crippen molar-refractivity contribution in [1.82, 2.24) is 0 Å². The number of hydrogen-bond acceptors (Lipinski definition) is 15. The molecule has 6 unspecified atom stereocenters. The van der Waals surface area contributed by atoms with Crippen molar-refractivity contribution in [3.8, 4) is 17.6 Å². The first-order valence-corrected chi connectivity index (χ1v) is 22.6. The van der Waals surface area contributed by atoms with Gasteiger partial charge in [0.1, 0.15) is 32.2 Å². The molecule has 8 bridgehead atoms. The predicted octanol–water partition coefficient (Wildman–Crippen LogP) is -7.35. The molecular formula is C39H42N2Na4O16P2+2. The molecule has 12 rings (SSSR count). The van der Waals surface area contributed by atoms with E-state index in [0.717, 1.165) is 38.5 Å². The van der Waals surface area contributed by atoms with Crippen LogP contribution < -0.4 is 137 Å². The summed E-state index contributed by atoms with van der Waals surface area (Å²) in [5, 5.41) is 9.57. The summed E-state index contributed by atoms with van der Waals surface area (Å²) in [6.07, 6.45) is 7.69. The van der Waals surface area contributed by atoms with Crippen LogP contribution in [0.15, 0.2) is 36.4 Å². The molecule has 0 radical (unpaired) electrons. The number of rotatable bonds is 12. The van der Waals surface area contributed by atoms with Crippen molar-refractivity contribution in [2.75, 3.05) is 21.0 Å². The molecule has 10 fully saturated rings. The van der Waals surface area contributed by atoms with Crippen LogP contribution in [0, 0.1) is 53.4 Å². The molecule has 6 atom stereocenters. The van der Waals surface area contributed by atoms with Gasteiger partial charge >= 0.3 is 126 Å². The Hall–Kier alpha value is 1.000. The Labute approximate surface area is 452 Å². The van der Waals surface area contributed by atoms with Crippen molar-refractivity contribution in [2.45, 2.75) is 98.2 Å². The summed E-state index contributed by atoms with van der Waals surface area (Å²) in [7, 11) is -7.47. The van der Waals surface area contributed by atoms with Gasteiger partial charge in [0.05, 0.1) is 23.3 Å². The van der Waals surface area contributed by atoms with Gasteiger partial charge in [0, 0.05) is 49.0 Å². The van der Waals surface area contributed by atoms with E-state index in [-0.39, 0.29) is 166 Å². The van der Waals surface area contributed by atoms with E-state index in [4.69, 9.17) is 49.6 Å². The fourth-order valence-electron chi connectivity index (χ4n) is 13.4. The molecule has 2 aromatic rings. The minimum Gasteiger partial charge on any atom is -0.780 e. The van der Waals surface area contributed by atoms with Crippen molar-refractivity contribution in [3.63, 3.8) is 0 Å². The van der Waals surface area contributed by atoms with Gasteiger partial charge in [-0.1, -0.05) is 18.2 Å². The Morgan fingerprint density at radius 1 is 0.730 bits per heavy atom. The van der Waals surface area contributed by atoms with Gasteiger partial charge < -0.3 is 42.3 Å². The van der Waals surface area contributed by atoms with Gasteiger partial charge in [-0.25, -0.2) is 19.2 Å². The number of phosphoric acid groups is 2. The van der Waals surface area contributed by atoms with Crippen molar-refractivity contribution in [1.29, 1.82) is 5.26 Å². The van der Waals surface area contributed by atoms with Gasteiger partial charge in [-0.2, -0.15) is 15.0 Å². The number of nitrogens with zero attached hydrogens (tertiary/aromatic N) is 2. The van der Waals surface area contributed by atoms with Crippen LogP contribution >= 0.6 is 15.6 Å². The molecule has 2 aromatic carbocycles. The molecule has 2 saturated heterocycles. The van der Waals surface area contributed by atoms with Crippen LogP contribution in [0.2, 0.25) is 0 Å². The maximum atomic E-state index is 11.8. The average molecular weight is 949 g/mol. The first-order chi connectivity index (χ1) is 28.0.